The van der Waals surface area contributed by atoms with Crippen LogP contribution < -0.4 is 5.32 Å². The van der Waals surface area contributed by atoms with E-state index >= 15 is 0 Å². The highest BCUT2D eigenvalue weighted by Crippen LogP contribution is 2.26. The summed E-state index contributed by atoms with van der Waals surface area (Å²) >= 11 is 7.53. The van der Waals surface area contributed by atoms with Gasteiger partial charge in [-0.15, -0.1) is 10.2 Å². The fourth-order valence-electron chi connectivity index (χ4n) is 2.30. The molecule has 3 aromatic rings. The largest absolute Gasteiger partial charge is 0.320 e. The summed E-state index contributed by atoms with van der Waals surface area (Å²) in [5.74, 6) is -0.298. The number of rotatable bonds is 4. The second kappa shape index (κ2) is 7.81. The van der Waals surface area contributed by atoms with E-state index in [9.17, 15) is 4.79 Å². The molecule has 0 aliphatic rings. The topological polar surface area (TPSA) is 54.9 Å². The first-order chi connectivity index (χ1) is 12.4. The predicted molar refractivity (Wildman–Crippen MR) is 109 cm³/mol. The van der Waals surface area contributed by atoms with Crippen LogP contribution in [0.5, 0.6) is 0 Å². The maximum Gasteiger partial charge on any atom is 0.286 e. The number of amides is 1. The maximum atomic E-state index is 12.3. The summed E-state index contributed by atoms with van der Waals surface area (Å²) in [4.78, 5) is 12.3. The van der Waals surface area contributed by atoms with Crippen LogP contribution in [0, 0.1) is 20.8 Å². The minimum atomic E-state index is -0.298. The lowest BCUT2D eigenvalue weighted by atomic mass is 10.1. The molecular formula is C20H18ClN3OS. The zero-order valence-electron chi connectivity index (χ0n) is 14.7. The van der Waals surface area contributed by atoms with Gasteiger partial charge in [0.15, 0.2) is 5.01 Å². The van der Waals surface area contributed by atoms with E-state index in [0.29, 0.717) is 15.7 Å². The first-order valence-electron chi connectivity index (χ1n) is 8.09. The molecule has 0 spiro atoms. The Morgan fingerprint density at radius 2 is 1.69 bits per heavy atom. The van der Waals surface area contributed by atoms with E-state index in [2.05, 4.69) is 35.4 Å². The molecule has 1 aromatic heterocycles. The molecule has 0 bridgehead atoms. The van der Waals surface area contributed by atoms with E-state index in [1.807, 2.05) is 49.4 Å². The van der Waals surface area contributed by atoms with Gasteiger partial charge in [-0.2, -0.15) is 0 Å². The van der Waals surface area contributed by atoms with Crippen LogP contribution in [0.25, 0.3) is 11.1 Å². The molecule has 0 fully saturated rings. The Labute approximate surface area is 161 Å². The van der Waals surface area contributed by atoms with Crippen LogP contribution in [0.1, 0.15) is 37.1 Å². The van der Waals surface area contributed by atoms with E-state index < -0.39 is 0 Å². The van der Waals surface area contributed by atoms with Crippen molar-refractivity contribution in [1.29, 1.82) is 0 Å². The average Bonchev–Trinajstić information content (AvgIpc) is 3.10. The van der Waals surface area contributed by atoms with Crippen molar-refractivity contribution in [3.05, 3.63) is 74.7 Å². The predicted octanol–water partition coefficient (Wildman–Crippen LogP) is 5.45. The molecule has 0 saturated heterocycles. The van der Waals surface area contributed by atoms with Crippen LogP contribution in [0.2, 0.25) is 0 Å². The van der Waals surface area contributed by atoms with Crippen molar-refractivity contribution in [1.82, 2.24) is 10.2 Å². The molecule has 1 heterocycles. The summed E-state index contributed by atoms with van der Waals surface area (Å²) in [7, 11) is 0. The monoisotopic (exact) mass is 383 g/mol. The first-order valence-corrected chi connectivity index (χ1v) is 9.28. The Balaban J connectivity index is 1.75. The van der Waals surface area contributed by atoms with E-state index in [1.54, 1.807) is 0 Å². The molecule has 3 rings (SSSR count). The molecular weight excluding hydrogens is 366 g/mol. The van der Waals surface area contributed by atoms with Gasteiger partial charge >= 0.3 is 0 Å². The zero-order chi connectivity index (χ0) is 18.7. The Hall–Kier alpha value is -2.50. The van der Waals surface area contributed by atoms with Crippen molar-refractivity contribution in [2.45, 2.75) is 20.8 Å². The summed E-state index contributed by atoms with van der Waals surface area (Å²) in [6.45, 7) is 6.11. The molecule has 2 aromatic carbocycles. The Morgan fingerprint density at radius 3 is 2.38 bits per heavy atom. The normalized spacial score (nSPS) is 11.5. The second-order valence-corrected chi connectivity index (χ2v) is 7.45. The molecule has 0 unspecified atom stereocenters. The van der Waals surface area contributed by atoms with E-state index in [4.69, 9.17) is 11.6 Å². The summed E-state index contributed by atoms with van der Waals surface area (Å²) in [6, 6.07) is 13.7. The van der Waals surface area contributed by atoms with Crippen molar-refractivity contribution in [2.75, 3.05) is 5.32 Å². The summed E-state index contributed by atoms with van der Waals surface area (Å²) in [5.41, 5.74) is 5.25. The summed E-state index contributed by atoms with van der Waals surface area (Å²) in [6.07, 6.45) is 1.83. The number of aryl methyl sites for hydroxylation is 3. The molecule has 1 amide bonds. The highest BCUT2D eigenvalue weighted by Gasteiger charge is 2.15. The van der Waals surface area contributed by atoms with Gasteiger partial charge in [-0.25, -0.2) is 0 Å². The number of nitrogens with one attached hydrogen (secondary N) is 1. The highest BCUT2D eigenvalue weighted by atomic mass is 35.5. The standard InChI is InChI=1S/C20H18ClN3OS/c1-12-4-8-16(9-5-12)22-18(25)20-24-23-19(26-20)17(21)11-15-7-6-13(2)14(3)10-15/h4-11H,1-3H3,(H,22,25)/b17-11-. The van der Waals surface area contributed by atoms with Gasteiger partial charge in [0.1, 0.15) is 0 Å². The molecule has 0 aliphatic carbocycles. The maximum absolute atomic E-state index is 12.3. The number of benzene rings is 2. The van der Waals surface area contributed by atoms with Gasteiger partial charge in [0.25, 0.3) is 5.91 Å². The van der Waals surface area contributed by atoms with Crippen molar-refractivity contribution in [2.24, 2.45) is 0 Å². The van der Waals surface area contributed by atoms with Gasteiger partial charge in [-0.05, 0) is 55.7 Å². The molecule has 1 N–H and O–H groups in total. The van der Waals surface area contributed by atoms with Gasteiger partial charge in [-0.1, -0.05) is 58.8 Å². The molecule has 0 atom stereocenters. The van der Waals surface area contributed by atoms with Crippen molar-refractivity contribution < 1.29 is 4.79 Å². The third-order valence-corrected chi connectivity index (χ3v) is 5.31. The fourth-order valence-corrected chi connectivity index (χ4v) is 3.22. The van der Waals surface area contributed by atoms with Gasteiger partial charge < -0.3 is 5.32 Å². The van der Waals surface area contributed by atoms with Crippen LogP contribution in [-0.4, -0.2) is 16.1 Å². The van der Waals surface area contributed by atoms with Crippen LogP contribution in [-0.2, 0) is 0 Å². The number of aromatic nitrogens is 2. The lowest BCUT2D eigenvalue weighted by Gasteiger charge is -2.02. The lowest BCUT2D eigenvalue weighted by Crippen LogP contribution is -2.11. The van der Waals surface area contributed by atoms with Gasteiger partial charge in [-0.3, -0.25) is 4.79 Å². The van der Waals surface area contributed by atoms with Gasteiger partial charge in [0.05, 0.1) is 5.03 Å². The van der Waals surface area contributed by atoms with Crippen molar-refractivity contribution in [3.8, 4) is 0 Å². The number of anilines is 1. The Morgan fingerprint density at radius 1 is 1.00 bits per heavy atom. The molecule has 26 heavy (non-hydrogen) atoms. The van der Waals surface area contributed by atoms with Crippen LogP contribution >= 0.6 is 22.9 Å². The van der Waals surface area contributed by atoms with E-state index in [0.717, 1.165) is 22.5 Å². The Bertz CT molecular complexity index is 977. The number of hydrogen-bond donors (Lipinski definition) is 1. The first kappa shape index (κ1) is 18.3. The fraction of sp³-hybridized carbons (Fsp3) is 0.150. The number of halogens is 1. The van der Waals surface area contributed by atoms with Crippen molar-refractivity contribution >= 4 is 45.6 Å². The SMILES string of the molecule is Cc1ccc(NC(=O)c2nnc(/C(Cl)=C/c3ccc(C)c(C)c3)s2)cc1. The zero-order valence-corrected chi connectivity index (χ0v) is 16.3. The van der Waals surface area contributed by atoms with Crippen molar-refractivity contribution in [3.63, 3.8) is 0 Å². The van der Waals surface area contributed by atoms with Gasteiger partial charge in [0, 0.05) is 5.69 Å². The van der Waals surface area contributed by atoms with E-state index in [-0.39, 0.29) is 10.9 Å². The summed E-state index contributed by atoms with van der Waals surface area (Å²) < 4.78 is 0. The average molecular weight is 384 g/mol. The lowest BCUT2D eigenvalue weighted by molar-refractivity contribution is 0.102. The highest BCUT2D eigenvalue weighted by molar-refractivity contribution is 7.15. The van der Waals surface area contributed by atoms with Crippen LogP contribution in [0.3, 0.4) is 0 Å². The third-order valence-electron chi connectivity index (χ3n) is 3.96. The molecule has 0 radical (unpaired) electrons. The van der Waals surface area contributed by atoms with Crippen LogP contribution in [0.4, 0.5) is 5.69 Å². The Kier molecular flexibility index (Phi) is 5.49. The number of carbonyl (C=O) groups is 1. The number of nitrogens with zero attached hydrogens (tertiary/aromatic N) is 2. The second-order valence-electron chi connectivity index (χ2n) is 6.07. The van der Waals surface area contributed by atoms with Crippen LogP contribution in [0.15, 0.2) is 42.5 Å². The molecule has 6 heteroatoms. The molecule has 132 valence electrons. The minimum Gasteiger partial charge on any atom is -0.320 e. The molecule has 4 nitrogen and oxygen atoms in total. The van der Waals surface area contributed by atoms with Gasteiger partial charge in [0.2, 0.25) is 5.01 Å². The third kappa shape index (κ3) is 4.36. The molecule has 0 aliphatic heterocycles. The number of hydrogen-bond acceptors (Lipinski definition) is 4. The smallest absolute Gasteiger partial charge is 0.286 e. The summed E-state index contributed by atoms with van der Waals surface area (Å²) in [5, 5.41) is 12.0. The quantitative estimate of drug-likeness (QED) is 0.651. The molecule has 0 saturated carbocycles. The minimum absolute atomic E-state index is 0.271. The van der Waals surface area contributed by atoms with E-state index in [1.165, 1.54) is 11.1 Å². The number of carbonyl (C=O) groups excluding carboxylic acids is 1.